The topological polar surface area (TPSA) is 40.5 Å². The van der Waals surface area contributed by atoms with E-state index in [-0.39, 0.29) is 18.1 Å². The summed E-state index contributed by atoms with van der Waals surface area (Å²) in [6.07, 6.45) is 0.796. The summed E-state index contributed by atoms with van der Waals surface area (Å²) >= 11 is 0. The molecule has 0 aromatic rings. The molecule has 0 aromatic carbocycles. The fraction of sp³-hybridized carbons (Fsp3) is 0.857. The minimum absolute atomic E-state index is 0.101. The molecule has 3 atom stereocenters. The zero-order chi connectivity index (χ0) is 7.30. The summed E-state index contributed by atoms with van der Waals surface area (Å²) in [6.45, 7) is 2.34. The second-order valence-corrected chi connectivity index (χ2v) is 3.23. The third kappa shape index (κ3) is 0.560. The van der Waals surface area contributed by atoms with Gasteiger partial charge in [-0.1, -0.05) is 0 Å². The van der Waals surface area contributed by atoms with Crippen molar-refractivity contribution < 1.29 is 9.90 Å². The van der Waals surface area contributed by atoms with Gasteiger partial charge in [0.1, 0.15) is 0 Å². The van der Waals surface area contributed by atoms with Gasteiger partial charge in [0, 0.05) is 19.4 Å². The van der Waals surface area contributed by atoms with Crippen LogP contribution in [0.15, 0.2) is 0 Å². The summed E-state index contributed by atoms with van der Waals surface area (Å²) < 4.78 is 0. The summed E-state index contributed by atoms with van der Waals surface area (Å²) in [6, 6.07) is 0.155. The smallest absolute Gasteiger partial charge is 0.219 e. The van der Waals surface area contributed by atoms with Crippen LogP contribution in [0.25, 0.3) is 0 Å². The normalized spacial score (nSPS) is 43.4. The van der Waals surface area contributed by atoms with Crippen LogP contribution in [-0.2, 0) is 4.79 Å². The van der Waals surface area contributed by atoms with Gasteiger partial charge in [0.15, 0.2) is 0 Å². The van der Waals surface area contributed by atoms with Gasteiger partial charge in [0.05, 0.1) is 12.1 Å². The zero-order valence-corrected chi connectivity index (χ0v) is 5.95. The molecule has 2 heterocycles. The van der Waals surface area contributed by atoms with Crippen molar-refractivity contribution in [3.8, 4) is 0 Å². The van der Waals surface area contributed by atoms with Gasteiger partial charge in [0.2, 0.25) is 5.91 Å². The maximum absolute atomic E-state index is 10.8. The Kier molecular flexibility index (Phi) is 1.06. The number of rotatable bonds is 0. The van der Waals surface area contributed by atoms with Crippen LogP contribution in [0, 0.1) is 5.92 Å². The Hall–Kier alpha value is -0.570. The number of aliphatic hydroxyl groups is 1. The SMILES string of the molecule is CC(=O)N1C[C@H]2C[C@@H]1[C@@H]2O. The second-order valence-electron chi connectivity index (χ2n) is 3.23. The van der Waals surface area contributed by atoms with Crippen molar-refractivity contribution in [2.45, 2.75) is 25.5 Å². The van der Waals surface area contributed by atoms with Crippen molar-refractivity contribution in [1.29, 1.82) is 0 Å². The highest BCUT2D eigenvalue weighted by atomic mass is 16.3. The molecule has 2 bridgehead atoms. The third-order valence-electron chi connectivity index (χ3n) is 2.66. The van der Waals surface area contributed by atoms with Crippen LogP contribution in [0.3, 0.4) is 0 Å². The number of nitrogens with zero attached hydrogens (tertiary/aromatic N) is 1. The fourth-order valence-electron chi connectivity index (χ4n) is 1.95. The molecule has 1 amide bonds. The molecule has 1 N–H and O–H groups in total. The molecule has 1 aliphatic carbocycles. The number of hydrogen-bond donors (Lipinski definition) is 1. The highest BCUT2D eigenvalue weighted by molar-refractivity contribution is 5.74. The molecule has 0 radical (unpaired) electrons. The van der Waals surface area contributed by atoms with E-state index in [0.717, 1.165) is 13.0 Å². The number of hydrogen-bond acceptors (Lipinski definition) is 2. The van der Waals surface area contributed by atoms with E-state index in [9.17, 15) is 9.90 Å². The Morgan fingerprint density at radius 1 is 1.70 bits per heavy atom. The van der Waals surface area contributed by atoms with E-state index < -0.39 is 0 Å². The monoisotopic (exact) mass is 141 g/mol. The molecule has 1 saturated carbocycles. The molecular formula is C7H11NO2. The van der Waals surface area contributed by atoms with E-state index in [0.29, 0.717) is 5.92 Å². The molecule has 3 heteroatoms. The minimum Gasteiger partial charge on any atom is -0.391 e. The molecular weight excluding hydrogens is 130 g/mol. The van der Waals surface area contributed by atoms with Crippen molar-refractivity contribution in [3.63, 3.8) is 0 Å². The molecule has 3 aliphatic rings. The lowest BCUT2D eigenvalue weighted by molar-refractivity contribution is -0.130. The standard InChI is InChI=1S/C7H11NO2/c1-4(9)8-3-5-2-6(8)7(5)10/h5-7,10H,2-3H2,1H3/t5-,6-,7-/m1/s1. The molecule has 2 saturated heterocycles. The molecule has 56 valence electrons. The van der Waals surface area contributed by atoms with Crippen molar-refractivity contribution >= 4 is 5.91 Å². The number of amides is 1. The largest absolute Gasteiger partial charge is 0.391 e. The molecule has 3 fully saturated rings. The Morgan fingerprint density at radius 3 is 2.60 bits per heavy atom. The van der Waals surface area contributed by atoms with Gasteiger partial charge < -0.3 is 10.0 Å². The lowest BCUT2D eigenvalue weighted by atomic mass is 9.83. The van der Waals surface area contributed by atoms with Crippen LogP contribution in [0.4, 0.5) is 0 Å². The Labute approximate surface area is 59.6 Å². The number of aliphatic hydroxyl groups excluding tert-OH is 1. The maximum Gasteiger partial charge on any atom is 0.219 e. The first-order chi connectivity index (χ1) is 4.70. The minimum atomic E-state index is -0.219. The molecule has 0 spiro atoms. The summed E-state index contributed by atoms with van der Waals surface area (Å²) in [7, 11) is 0. The van der Waals surface area contributed by atoms with Crippen LogP contribution >= 0.6 is 0 Å². The highest BCUT2D eigenvalue weighted by Crippen LogP contribution is 2.40. The molecule has 0 unspecified atom stereocenters. The molecule has 0 aromatic heterocycles. The Balaban J connectivity index is 2.10. The number of carbonyl (C=O) groups excluding carboxylic acids is 1. The molecule has 3 nitrogen and oxygen atoms in total. The maximum atomic E-state index is 10.8. The van der Waals surface area contributed by atoms with E-state index in [2.05, 4.69) is 0 Å². The first kappa shape index (κ1) is 6.16. The summed E-state index contributed by atoms with van der Waals surface area (Å²) in [5.41, 5.74) is 0. The van der Waals surface area contributed by atoms with Crippen molar-refractivity contribution in [3.05, 3.63) is 0 Å². The van der Waals surface area contributed by atoms with Crippen LogP contribution < -0.4 is 0 Å². The van der Waals surface area contributed by atoms with Crippen molar-refractivity contribution in [2.24, 2.45) is 5.92 Å². The average molecular weight is 141 g/mol. The van der Waals surface area contributed by atoms with Gasteiger partial charge in [-0.2, -0.15) is 0 Å². The number of fused-ring (bicyclic) bond motifs is 1. The lowest BCUT2D eigenvalue weighted by Gasteiger charge is -2.31. The van der Waals surface area contributed by atoms with E-state index >= 15 is 0 Å². The zero-order valence-electron chi connectivity index (χ0n) is 5.95. The van der Waals surface area contributed by atoms with Gasteiger partial charge in [-0.05, 0) is 6.42 Å². The average Bonchev–Trinajstić information content (AvgIpc) is 2.40. The molecule has 2 aliphatic heterocycles. The molecule has 10 heavy (non-hydrogen) atoms. The fourth-order valence-corrected chi connectivity index (χ4v) is 1.95. The summed E-state index contributed by atoms with van der Waals surface area (Å²) in [5.74, 6) is 0.484. The lowest BCUT2D eigenvalue weighted by Crippen LogP contribution is -2.44. The highest BCUT2D eigenvalue weighted by Gasteiger charge is 2.52. The summed E-state index contributed by atoms with van der Waals surface area (Å²) in [5, 5.41) is 9.27. The van der Waals surface area contributed by atoms with Crippen LogP contribution in [0.1, 0.15) is 13.3 Å². The van der Waals surface area contributed by atoms with Crippen molar-refractivity contribution in [2.75, 3.05) is 6.54 Å². The predicted octanol–water partition coefficient (Wildman–Crippen LogP) is -0.402. The van der Waals surface area contributed by atoms with Crippen LogP contribution in [0.2, 0.25) is 0 Å². The van der Waals surface area contributed by atoms with Gasteiger partial charge in [-0.3, -0.25) is 4.79 Å². The summed E-state index contributed by atoms with van der Waals surface area (Å²) in [4.78, 5) is 12.6. The van der Waals surface area contributed by atoms with Gasteiger partial charge >= 0.3 is 0 Å². The first-order valence-electron chi connectivity index (χ1n) is 3.65. The van der Waals surface area contributed by atoms with Gasteiger partial charge in [0.25, 0.3) is 0 Å². The Bertz CT molecular complexity index is 180. The van der Waals surface area contributed by atoms with E-state index in [1.807, 2.05) is 0 Å². The Morgan fingerprint density at radius 2 is 2.40 bits per heavy atom. The number of carbonyl (C=O) groups is 1. The molecule has 3 rings (SSSR count). The first-order valence-corrected chi connectivity index (χ1v) is 3.65. The van der Waals surface area contributed by atoms with Gasteiger partial charge in [-0.25, -0.2) is 0 Å². The van der Waals surface area contributed by atoms with Crippen LogP contribution in [-0.4, -0.2) is 34.6 Å². The van der Waals surface area contributed by atoms with Crippen molar-refractivity contribution in [1.82, 2.24) is 4.90 Å². The van der Waals surface area contributed by atoms with Gasteiger partial charge in [-0.15, -0.1) is 0 Å². The van der Waals surface area contributed by atoms with Crippen LogP contribution in [0.5, 0.6) is 0 Å². The van der Waals surface area contributed by atoms with E-state index in [4.69, 9.17) is 0 Å². The quantitative estimate of drug-likeness (QED) is 0.498. The van der Waals surface area contributed by atoms with E-state index in [1.165, 1.54) is 0 Å². The second kappa shape index (κ2) is 1.72. The predicted molar refractivity (Wildman–Crippen MR) is 35.3 cm³/mol. The third-order valence-corrected chi connectivity index (χ3v) is 2.66. The van der Waals surface area contributed by atoms with E-state index in [1.54, 1.807) is 11.8 Å².